The van der Waals surface area contributed by atoms with Gasteiger partial charge in [0.25, 0.3) is 5.56 Å². The summed E-state index contributed by atoms with van der Waals surface area (Å²) in [7, 11) is 1.63. The van der Waals surface area contributed by atoms with E-state index < -0.39 is 6.10 Å². The zero-order chi connectivity index (χ0) is 12.7. The fraction of sp³-hybridized carbons (Fsp3) is 0.583. The van der Waals surface area contributed by atoms with Crippen molar-refractivity contribution in [1.82, 2.24) is 9.88 Å². The molecule has 0 aliphatic heterocycles. The van der Waals surface area contributed by atoms with Crippen LogP contribution >= 0.6 is 0 Å². The quantitative estimate of drug-likeness (QED) is 0.645. The molecule has 1 aromatic heterocycles. The number of pyridine rings is 1. The van der Waals surface area contributed by atoms with Crippen molar-refractivity contribution in [3.8, 4) is 0 Å². The number of aliphatic hydroxyl groups is 1. The van der Waals surface area contributed by atoms with Gasteiger partial charge in [0, 0.05) is 32.0 Å². The molecule has 0 aliphatic rings. The van der Waals surface area contributed by atoms with E-state index in [1.807, 2.05) is 6.07 Å². The van der Waals surface area contributed by atoms with Gasteiger partial charge in [0.15, 0.2) is 0 Å². The van der Waals surface area contributed by atoms with Crippen molar-refractivity contribution in [3.63, 3.8) is 0 Å². The van der Waals surface area contributed by atoms with E-state index in [1.165, 1.54) is 4.57 Å². The van der Waals surface area contributed by atoms with Gasteiger partial charge in [-0.2, -0.15) is 0 Å². The Balaban J connectivity index is 2.42. The maximum atomic E-state index is 11.7. The summed E-state index contributed by atoms with van der Waals surface area (Å²) >= 11 is 0. The Morgan fingerprint density at radius 1 is 1.59 bits per heavy atom. The first-order valence-electron chi connectivity index (χ1n) is 5.69. The lowest BCUT2D eigenvalue weighted by Crippen LogP contribution is -2.35. The standard InChI is InChI=1S/C12H20N2O3/c1-10-4-3-6-14(12(10)16)9-11(15)8-13-5-7-17-2/h3-4,6,11,13,15H,5,7-9H2,1-2H3. The van der Waals surface area contributed by atoms with E-state index in [0.717, 1.165) is 0 Å². The average Bonchev–Trinajstić information content (AvgIpc) is 2.31. The lowest BCUT2D eigenvalue weighted by Gasteiger charge is -2.13. The van der Waals surface area contributed by atoms with Gasteiger partial charge in [-0.1, -0.05) is 6.07 Å². The first-order chi connectivity index (χ1) is 8.15. The van der Waals surface area contributed by atoms with Gasteiger partial charge in [-0.3, -0.25) is 4.79 Å². The van der Waals surface area contributed by atoms with Crippen molar-refractivity contribution in [3.05, 3.63) is 34.2 Å². The van der Waals surface area contributed by atoms with Crippen LogP contribution in [0.2, 0.25) is 0 Å². The van der Waals surface area contributed by atoms with Gasteiger partial charge in [0.2, 0.25) is 0 Å². The smallest absolute Gasteiger partial charge is 0.253 e. The molecular formula is C12H20N2O3. The predicted octanol–water partition coefficient (Wildman–Crippen LogP) is -0.246. The van der Waals surface area contributed by atoms with Crippen LogP contribution in [0.25, 0.3) is 0 Å². The molecule has 0 fully saturated rings. The van der Waals surface area contributed by atoms with Gasteiger partial charge in [-0.15, -0.1) is 0 Å². The van der Waals surface area contributed by atoms with Crippen molar-refractivity contribution >= 4 is 0 Å². The van der Waals surface area contributed by atoms with Crippen LogP contribution in [-0.2, 0) is 11.3 Å². The van der Waals surface area contributed by atoms with Crippen LogP contribution in [0.1, 0.15) is 5.56 Å². The Morgan fingerprint density at radius 3 is 3.06 bits per heavy atom. The molecule has 1 aromatic rings. The van der Waals surface area contributed by atoms with E-state index in [2.05, 4.69) is 5.32 Å². The maximum Gasteiger partial charge on any atom is 0.253 e. The van der Waals surface area contributed by atoms with Gasteiger partial charge in [-0.05, 0) is 13.0 Å². The molecule has 5 nitrogen and oxygen atoms in total. The summed E-state index contributed by atoms with van der Waals surface area (Å²) < 4.78 is 6.40. The number of rotatable bonds is 7. The van der Waals surface area contributed by atoms with Gasteiger partial charge >= 0.3 is 0 Å². The molecular weight excluding hydrogens is 220 g/mol. The molecule has 0 saturated heterocycles. The van der Waals surface area contributed by atoms with Gasteiger partial charge in [0.05, 0.1) is 19.3 Å². The summed E-state index contributed by atoms with van der Waals surface area (Å²) in [6, 6.07) is 3.57. The number of hydrogen-bond donors (Lipinski definition) is 2. The van der Waals surface area contributed by atoms with Crippen molar-refractivity contribution in [1.29, 1.82) is 0 Å². The predicted molar refractivity (Wildman–Crippen MR) is 66.2 cm³/mol. The minimum atomic E-state index is -0.577. The maximum absolute atomic E-state index is 11.7. The molecule has 1 rings (SSSR count). The van der Waals surface area contributed by atoms with Crippen LogP contribution < -0.4 is 10.9 Å². The monoisotopic (exact) mass is 240 g/mol. The van der Waals surface area contributed by atoms with Crippen molar-refractivity contribution in [2.24, 2.45) is 0 Å². The first kappa shape index (κ1) is 13.9. The number of methoxy groups -OCH3 is 1. The third-order valence-electron chi connectivity index (χ3n) is 2.48. The molecule has 0 amide bonds. The highest BCUT2D eigenvalue weighted by molar-refractivity contribution is 5.07. The van der Waals surface area contributed by atoms with Gasteiger partial charge in [-0.25, -0.2) is 0 Å². The summed E-state index contributed by atoms with van der Waals surface area (Å²) in [6.45, 7) is 3.82. The van der Waals surface area contributed by atoms with Crippen molar-refractivity contribution < 1.29 is 9.84 Å². The number of ether oxygens (including phenoxy) is 1. The molecule has 0 saturated carbocycles. The van der Waals surface area contributed by atoms with E-state index in [9.17, 15) is 9.90 Å². The van der Waals surface area contributed by atoms with Crippen molar-refractivity contribution in [2.45, 2.75) is 19.6 Å². The zero-order valence-corrected chi connectivity index (χ0v) is 10.3. The molecule has 0 aliphatic carbocycles. The second-order valence-corrected chi connectivity index (χ2v) is 4.00. The average molecular weight is 240 g/mol. The fourth-order valence-electron chi connectivity index (χ4n) is 1.54. The Morgan fingerprint density at radius 2 is 2.35 bits per heavy atom. The Kier molecular flexibility index (Phi) is 5.90. The second-order valence-electron chi connectivity index (χ2n) is 4.00. The molecule has 5 heteroatoms. The fourth-order valence-corrected chi connectivity index (χ4v) is 1.54. The van der Waals surface area contributed by atoms with Gasteiger partial charge in [0.1, 0.15) is 0 Å². The van der Waals surface area contributed by atoms with Gasteiger partial charge < -0.3 is 19.7 Å². The lowest BCUT2D eigenvalue weighted by atomic mass is 10.3. The Labute approximate surface area is 101 Å². The van der Waals surface area contributed by atoms with Crippen LogP contribution in [0.3, 0.4) is 0 Å². The first-order valence-corrected chi connectivity index (χ1v) is 5.69. The van der Waals surface area contributed by atoms with Crippen LogP contribution in [0, 0.1) is 6.92 Å². The summed E-state index contributed by atoms with van der Waals surface area (Å²) in [5.74, 6) is 0. The Bertz CT molecular complexity index is 390. The third kappa shape index (κ3) is 4.68. The minimum absolute atomic E-state index is 0.0524. The van der Waals surface area contributed by atoms with E-state index in [1.54, 1.807) is 26.3 Å². The summed E-state index contributed by atoms with van der Waals surface area (Å²) in [4.78, 5) is 11.7. The minimum Gasteiger partial charge on any atom is -0.390 e. The number of aryl methyl sites for hydroxylation is 1. The normalized spacial score (nSPS) is 12.6. The number of aromatic nitrogens is 1. The topological polar surface area (TPSA) is 63.5 Å². The summed E-state index contributed by atoms with van der Waals surface area (Å²) in [6.07, 6.45) is 1.11. The molecule has 1 unspecified atom stereocenters. The van der Waals surface area contributed by atoms with E-state index >= 15 is 0 Å². The zero-order valence-electron chi connectivity index (χ0n) is 10.3. The molecule has 17 heavy (non-hydrogen) atoms. The summed E-state index contributed by atoms with van der Waals surface area (Å²) in [5.41, 5.74) is 0.635. The molecule has 0 radical (unpaired) electrons. The highest BCUT2D eigenvalue weighted by atomic mass is 16.5. The van der Waals surface area contributed by atoms with Crippen molar-refractivity contribution in [2.75, 3.05) is 26.8 Å². The molecule has 0 aromatic carbocycles. The SMILES string of the molecule is COCCNCC(O)Cn1cccc(C)c1=O. The molecule has 1 atom stereocenters. The van der Waals surface area contributed by atoms with E-state index in [4.69, 9.17) is 4.74 Å². The number of aliphatic hydroxyl groups excluding tert-OH is 1. The number of nitrogens with one attached hydrogen (secondary N) is 1. The second kappa shape index (κ2) is 7.21. The van der Waals surface area contributed by atoms with Crippen LogP contribution in [0.15, 0.2) is 23.1 Å². The third-order valence-corrected chi connectivity index (χ3v) is 2.48. The highest BCUT2D eigenvalue weighted by Gasteiger charge is 2.06. The number of nitrogens with zero attached hydrogens (tertiary/aromatic N) is 1. The molecule has 2 N–H and O–H groups in total. The van der Waals surface area contributed by atoms with Crippen LogP contribution in [0.5, 0.6) is 0 Å². The van der Waals surface area contributed by atoms with Crippen LogP contribution in [0.4, 0.5) is 0 Å². The highest BCUT2D eigenvalue weighted by Crippen LogP contribution is 1.92. The van der Waals surface area contributed by atoms with Crippen LogP contribution in [-0.4, -0.2) is 42.6 Å². The lowest BCUT2D eigenvalue weighted by molar-refractivity contribution is 0.142. The molecule has 1 heterocycles. The summed E-state index contributed by atoms with van der Waals surface area (Å²) in [5, 5.41) is 12.8. The molecule has 96 valence electrons. The molecule has 0 spiro atoms. The van der Waals surface area contributed by atoms with E-state index in [-0.39, 0.29) is 5.56 Å². The Hall–Kier alpha value is -1.17. The molecule has 0 bridgehead atoms. The largest absolute Gasteiger partial charge is 0.390 e. The number of hydrogen-bond acceptors (Lipinski definition) is 4. The van der Waals surface area contributed by atoms with E-state index in [0.29, 0.717) is 31.8 Å².